The highest BCUT2D eigenvalue weighted by Gasteiger charge is 2.17. The number of amides is 1. The molecular formula is C20H16Cl2N2O3S. The van der Waals surface area contributed by atoms with Crippen molar-refractivity contribution in [3.63, 3.8) is 0 Å². The normalized spacial score (nSPS) is 11.1. The summed E-state index contributed by atoms with van der Waals surface area (Å²) < 4.78 is 27.3. The molecule has 2 N–H and O–H groups in total. The van der Waals surface area contributed by atoms with Gasteiger partial charge in [0.25, 0.3) is 15.9 Å². The molecule has 144 valence electrons. The summed E-state index contributed by atoms with van der Waals surface area (Å²) in [6, 6.07) is 17.5. The lowest BCUT2D eigenvalue weighted by molar-refractivity contribution is 0.102. The fourth-order valence-electron chi connectivity index (χ4n) is 2.47. The van der Waals surface area contributed by atoms with Gasteiger partial charge in [-0.3, -0.25) is 9.52 Å². The molecular weight excluding hydrogens is 419 g/mol. The molecule has 3 aromatic rings. The van der Waals surface area contributed by atoms with Gasteiger partial charge < -0.3 is 5.32 Å². The Kier molecular flexibility index (Phi) is 5.93. The molecule has 8 heteroatoms. The highest BCUT2D eigenvalue weighted by atomic mass is 35.5. The number of carbonyl (C=O) groups excluding carboxylic acids is 1. The van der Waals surface area contributed by atoms with Crippen LogP contribution < -0.4 is 10.0 Å². The van der Waals surface area contributed by atoms with Crippen LogP contribution in [-0.2, 0) is 10.0 Å². The van der Waals surface area contributed by atoms with Gasteiger partial charge in [-0.2, -0.15) is 0 Å². The fourth-order valence-corrected chi connectivity index (χ4v) is 4.02. The Morgan fingerprint density at radius 1 is 0.893 bits per heavy atom. The largest absolute Gasteiger partial charge is 0.322 e. The van der Waals surface area contributed by atoms with Crippen LogP contribution in [0.25, 0.3) is 0 Å². The molecule has 28 heavy (non-hydrogen) atoms. The zero-order chi connectivity index (χ0) is 20.3. The maximum absolute atomic E-state index is 12.5. The van der Waals surface area contributed by atoms with Crippen LogP contribution in [0, 0.1) is 6.92 Å². The average molecular weight is 435 g/mol. The van der Waals surface area contributed by atoms with Crippen molar-refractivity contribution < 1.29 is 13.2 Å². The molecule has 1 amide bonds. The van der Waals surface area contributed by atoms with Crippen molar-refractivity contribution >= 4 is 50.5 Å². The summed E-state index contributed by atoms with van der Waals surface area (Å²) in [5.74, 6) is -0.385. The Labute approximate surface area is 173 Å². The van der Waals surface area contributed by atoms with E-state index in [4.69, 9.17) is 23.2 Å². The van der Waals surface area contributed by atoms with E-state index >= 15 is 0 Å². The van der Waals surface area contributed by atoms with Gasteiger partial charge in [0.15, 0.2) is 0 Å². The van der Waals surface area contributed by atoms with Gasteiger partial charge in [0.05, 0.1) is 15.6 Å². The van der Waals surface area contributed by atoms with Crippen molar-refractivity contribution in [3.05, 3.63) is 87.9 Å². The highest BCUT2D eigenvalue weighted by molar-refractivity contribution is 7.92. The van der Waals surface area contributed by atoms with E-state index in [1.165, 1.54) is 30.3 Å². The Hall–Kier alpha value is -2.54. The van der Waals surface area contributed by atoms with Crippen molar-refractivity contribution in [1.82, 2.24) is 0 Å². The van der Waals surface area contributed by atoms with Crippen molar-refractivity contribution in [2.75, 3.05) is 10.0 Å². The van der Waals surface area contributed by atoms with E-state index < -0.39 is 10.0 Å². The van der Waals surface area contributed by atoms with Crippen molar-refractivity contribution in [1.29, 1.82) is 0 Å². The Bertz CT molecular complexity index is 1130. The van der Waals surface area contributed by atoms with Crippen LogP contribution >= 0.6 is 23.2 Å². The van der Waals surface area contributed by atoms with Crippen molar-refractivity contribution in [2.45, 2.75) is 11.8 Å². The molecule has 0 saturated carbocycles. The second-order valence-electron chi connectivity index (χ2n) is 6.03. The summed E-state index contributed by atoms with van der Waals surface area (Å²) in [5, 5.41) is 3.38. The summed E-state index contributed by atoms with van der Waals surface area (Å²) in [4.78, 5) is 12.6. The van der Waals surface area contributed by atoms with E-state index in [9.17, 15) is 13.2 Å². The average Bonchev–Trinajstić information content (AvgIpc) is 2.67. The molecule has 0 atom stereocenters. The zero-order valence-corrected chi connectivity index (χ0v) is 17.1. The van der Waals surface area contributed by atoms with Crippen LogP contribution in [0.2, 0.25) is 10.0 Å². The van der Waals surface area contributed by atoms with Crippen molar-refractivity contribution in [2.24, 2.45) is 0 Å². The van der Waals surface area contributed by atoms with E-state index in [0.29, 0.717) is 10.7 Å². The quantitative estimate of drug-likeness (QED) is 0.567. The first-order valence-corrected chi connectivity index (χ1v) is 10.4. The van der Waals surface area contributed by atoms with Gasteiger partial charge in [0.2, 0.25) is 0 Å². The highest BCUT2D eigenvalue weighted by Crippen LogP contribution is 2.27. The molecule has 0 aliphatic carbocycles. The molecule has 0 bridgehead atoms. The smallest absolute Gasteiger partial charge is 0.261 e. The van der Waals surface area contributed by atoms with Gasteiger partial charge in [-0.1, -0.05) is 47.5 Å². The maximum Gasteiger partial charge on any atom is 0.261 e. The number of sulfonamides is 1. The predicted octanol–water partition coefficient (Wildman–Crippen LogP) is 5.35. The van der Waals surface area contributed by atoms with Gasteiger partial charge in [-0.05, 0) is 55.0 Å². The SMILES string of the molecule is Cc1ccc(Cl)cc1NC(=O)c1ccc(NS(=O)(=O)c2ccccc2)c(Cl)c1. The number of aryl methyl sites for hydroxylation is 1. The van der Waals surface area contributed by atoms with Gasteiger partial charge in [-0.25, -0.2) is 8.42 Å². The van der Waals surface area contributed by atoms with E-state index in [2.05, 4.69) is 10.0 Å². The summed E-state index contributed by atoms with van der Waals surface area (Å²) in [5.41, 5.74) is 1.91. The van der Waals surface area contributed by atoms with E-state index in [-0.39, 0.29) is 27.1 Å². The lowest BCUT2D eigenvalue weighted by Crippen LogP contribution is -2.15. The monoisotopic (exact) mass is 434 g/mol. The molecule has 5 nitrogen and oxygen atoms in total. The molecule has 0 saturated heterocycles. The third-order valence-corrected chi connectivity index (χ3v) is 5.91. The number of anilines is 2. The predicted molar refractivity (Wildman–Crippen MR) is 113 cm³/mol. The number of nitrogens with one attached hydrogen (secondary N) is 2. The van der Waals surface area contributed by atoms with Gasteiger partial charge in [0, 0.05) is 16.3 Å². The maximum atomic E-state index is 12.5. The molecule has 3 aromatic carbocycles. The summed E-state index contributed by atoms with van der Waals surface area (Å²) in [7, 11) is -3.78. The molecule has 0 fully saturated rings. The lowest BCUT2D eigenvalue weighted by Gasteiger charge is -2.12. The molecule has 0 spiro atoms. The minimum Gasteiger partial charge on any atom is -0.322 e. The second-order valence-corrected chi connectivity index (χ2v) is 8.55. The molecule has 3 rings (SSSR count). The van der Waals surface area contributed by atoms with E-state index in [1.807, 2.05) is 6.92 Å². The summed E-state index contributed by atoms with van der Waals surface area (Å²) in [6.45, 7) is 1.85. The number of carbonyl (C=O) groups is 1. The Morgan fingerprint density at radius 3 is 2.29 bits per heavy atom. The number of hydrogen-bond acceptors (Lipinski definition) is 3. The molecule has 0 radical (unpaired) electrons. The van der Waals surface area contributed by atoms with Crippen LogP contribution in [0.3, 0.4) is 0 Å². The van der Waals surface area contributed by atoms with Crippen LogP contribution in [0.1, 0.15) is 15.9 Å². The van der Waals surface area contributed by atoms with Gasteiger partial charge in [-0.15, -0.1) is 0 Å². The standard InChI is InChI=1S/C20H16Cl2N2O3S/c1-13-7-9-15(21)12-19(13)23-20(25)14-8-10-18(17(22)11-14)24-28(26,27)16-5-3-2-4-6-16/h2-12,24H,1H3,(H,23,25). The molecule has 0 aliphatic heterocycles. The third-order valence-electron chi connectivity index (χ3n) is 3.98. The minimum absolute atomic E-state index is 0.106. The first-order chi connectivity index (χ1) is 13.3. The lowest BCUT2D eigenvalue weighted by atomic mass is 10.1. The number of halogens is 2. The molecule has 0 unspecified atom stereocenters. The van der Waals surface area contributed by atoms with Crippen LogP contribution in [0.15, 0.2) is 71.6 Å². The Balaban J connectivity index is 1.80. The Morgan fingerprint density at radius 2 is 1.61 bits per heavy atom. The zero-order valence-electron chi connectivity index (χ0n) is 14.7. The van der Waals surface area contributed by atoms with Crippen molar-refractivity contribution in [3.8, 4) is 0 Å². The number of hydrogen-bond donors (Lipinski definition) is 2. The minimum atomic E-state index is -3.78. The first kappa shape index (κ1) is 20.2. The van der Waals surface area contributed by atoms with Gasteiger partial charge >= 0.3 is 0 Å². The van der Waals surface area contributed by atoms with E-state index in [0.717, 1.165) is 5.56 Å². The molecule has 0 heterocycles. The van der Waals surface area contributed by atoms with Gasteiger partial charge in [0.1, 0.15) is 0 Å². The second kappa shape index (κ2) is 8.22. The molecule has 0 aliphatic rings. The van der Waals surface area contributed by atoms with Crippen LogP contribution in [0.4, 0.5) is 11.4 Å². The van der Waals surface area contributed by atoms with Crippen LogP contribution in [-0.4, -0.2) is 14.3 Å². The molecule has 0 aromatic heterocycles. The summed E-state index contributed by atoms with van der Waals surface area (Å²) in [6.07, 6.45) is 0. The van der Waals surface area contributed by atoms with E-state index in [1.54, 1.807) is 36.4 Å². The summed E-state index contributed by atoms with van der Waals surface area (Å²) >= 11 is 12.2. The first-order valence-electron chi connectivity index (χ1n) is 8.21. The van der Waals surface area contributed by atoms with Crippen LogP contribution in [0.5, 0.6) is 0 Å². The topological polar surface area (TPSA) is 75.3 Å². The number of rotatable bonds is 5. The number of benzene rings is 3. The third kappa shape index (κ3) is 4.65. The fraction of sp³-hybridized carbons (Fsp3) is 0.0500.